The van der Waals surface area contributed by atoms with Crippen molar-refractivity contribution in [2.24, 2.45) is 5.92 Å². The molecule has 0 heterocycles. The van der Waals surface area contributed by atoms with E-state index in [0.29, 0.717) is 12.5 Å². The highest BCUT2D eigenvalue weighted by atomic mass is 16.5. The van der Waals surface area contributed by atoms with Crippen molar-refractivity contribution in [2.45, 2.75) is 32.9 Å². The van der Waals surface area contributed by atoms with Gasteiger partial charge >= 0.3 is 5.97 Å². The van der Waals surface area contributed by atoms with E-state index >= 15 is 0 Å². The van der Waals surface area contributed by atoms with Gasteiger partial charge in [-0.2, -0.15) is 0 Å². The predicted octanol–water partition coefficient (Wildman–Crippen LogP) is 3.52. The fourth-order valence-corrected chi connectivity index (χ4v) is 2.47. The Hall–Kier alpha value is -1.87. The molecule has 0 aliphatic heterocycles. The summed E-state index contributed by atoms with van der Waals surface area (Å²) in [6.45, 7) is 4.87. The summed E-state index contributed by atoms with van der Waals surface area (Å²) in [6.07, 6.45) is 0.778. The van der Waals surface area contributed by atoms with E-state index in [-0.39, 0.29) is 12.0 Å². The minimum Gasteiger partial charge on any atom is -0.468 e. The fraction of sp³-hybridized carbons (Fsp3) is 0.389. The van der Waals surface area contributed by atoms with Gasteiger partial charge in [0.25, 0.3) is 0 Å². The van der Waals surface area contributed by atoms with Crippen molar-refractivity contribution >= 4 is 16.7 Å². The van der Waals surface area contributed by atoms with Crippen molar-refractivity contribution in [1.82, 2.24) is 5.32 Å². The number of hydrogen-bond acceptors (Lipinski definition) is 3. The van der Waals surface area contributed by atoms with Gasteiger partial charge in [-0.25, -0.2) is 0 Å². The number of fused-ring (bicyclic) bond motifs is 1. The molecule has 0 radical (unpaired) electrons. The van der Waals surface area contributed by atoms with Crippen LogP contribution in [-0.4, -0.2) is 19.1 Å². The smallest absolute Gasteiger partial charge is 0.322 e. The van der Waals surface area contributed by atoms with Crippen molar-refractivity contribution in [3.05, 3.63) is 48.0 Å². The van der Waals surface area contributed by atoms with Gasteiger partial charge in [0.05, 0.1) is 7.11 Å². The van der Waals surface area contributed by atoms with Crippen LogP contribution in [0.1, 0.15) is 25.8 Å². The van der Waals surface area contributed by atoms with Gasteiger partial charge < -0.3 is 10.1 Å². The van der Waals surface area contributed by atoms with Crippen LogP contribution in [0.2, 0.25) is 0 Å². The molecule has 0 fully saturated rings. The maximum atomic E-state index is 11.8. The lowest BCUT2D eigenvalue weighted by Crippen LogP contribution is -2.38. The highest BCUT2D eigenvalue weighted by molar-refractivity contribution is 5.83. The number of benzene rings is 2. The third kappa shape index (κ3) is 4.30. The Bertz CT molecular complexity index is 607. The first-order valence-electron chi connectivity index (χ1n) is 7.39. The lowest BCUT2D eigenvalue weighted by atomic mass is 10.0. The Kier molecular flexibility index (Phi) is 5.34. The van der Waals surface area contributed by atoms with Crippen molar-refractivity contribution in [2.75, 3.05) is 7.11 Å². The number of methoxy groups -OCH3 is 1. The summed E-state index contributed by atoms with van der Waals surface area (Å²) in [5, 5.41) is 5.76. The normalized spacial score (nSPS) is 12.6. The van der Waals surface area contributed by atoms with Crippen LogP contribution < -0.4 is 5.32 Å². The van der Waals surface area contributed by atoms with Gasteiger partial charge in [-0.3, -0.25) is 4.79 Å². The van der Waals surface area contributed by atoms with E-state index in [1.807, 2.05) is 12.1 Å². The van der Waals surface area contributed by atoms with E-state index in [1.54, 1.807) is 0 Å². The summed E-state index contributed by atoms with van der Waals surface area (Å²) in [6, 6.07) is 14.4. The second-order valence-electron chi connectivity index (χ2n) is 5.77. The minimum atomic E-state index is -0.249. The van der Waals surface area contributed by atoms with Crippen molar-refractivity contribution < 1.29 is 9.53 Å². The maximum absolute atomic E-state index is 11.8. The van der Waals surface area contributed by atoms with Crippen LogP contribution in [0.25, 0.3) is 10.8 Å². The molecule has 1 unspecified atom stereocenters. The average Bonchev–Trinajstić information content (AvgIpc) is 2.50. The van der Waals surface area contributed by atoms with Crippen LogP contribution in [-0.2, 0) is 16.1 Å². The van der Waals surface area contributed by atoms with Crippen LogP contribution in [0.3, 0.4) is 0 Å². The molecule has 0 bridgehead atoms. The first kappa shape index (κ1) is 15.5. The molecule has 3 nitrogen and oxygen atoms in total. The van der Waals surface area contributed by atoms with Gasteiger partial charge in [-0.05, 0) is 34.7 Å². The Morgan fingerprint density at radius 2 is 1.86 bits per heavy atom. The summed E-state index contributed by atoms with van der Waals surface area (Å²) in [7, 11) is 1.44. The standard InChI is InChI=1S/C18H23NO2/c1-13(2)10-17(18(20)21-3)19-12-14-8-9-15-6-4-5-7-16(15)11-14/h4-9,11,13,17,19H,10,12H2,1-3H3. The molecule has 2 rings (SSSR count). The SMILES string of the molecule is COC(=O)C(CC(C)C)NCc1ccc2ccccc2c1. The molecular formula is C18H23NO2. The topological polar surface area (TPSA) is 38.3 Å². The molecule has 0 saturated carbocycles. The summed E-state index contributed by atoms with van der Waals surface area (Å²) in [5.74, 6) is 0.252. The fourth-order valence-electron chi connectivity index (χ4n) is 2.47. The van der Waals surface area contributed by atoms with Crippen LogP contribution in [0.5, 0.6) is 0 Å². The van der Waals surface area contributed by atoms with E-state index < -0.39 is 0 Å². The molecule has 1 atom stereocenters. The Morgan fingerprint density at radius 3 is 2.52 bits per heavy atom. The van der Waals surface area contributed by atoms with Gasteiger partial charge in [0.15, 0.2) is 0 Å². The lowest BCUT2D eigenvalue weighted by molar-refractivity contribution is -0.143. The average molecular weight is 285 g/mol. The van der Waals surface area contributed by atoms with Crippen LogP contribution in [0, 0.1) is 5.92 Å². The molecule has 0 aliphatic carbocycles. The molecule has 0 spiro atoms. The van der Waals surface area contributed by atoms with Gasteiger partial charge in [0.2, 0.25) is 0 Å². The molecule has 0 aromatic heterocycles. The predicted molar refractivity (Wildman–Crippen MR) is 86.0 cm³/mol. The summed E-state index contributed by atoms with van der Waals surface area (Å²) >= 11 is 0. The van der Waals surface area contributed by atoms with Gasteiger partial charge in [-0.1, -0.05) is 50.2 Å². The van der Waals surface area contributed by atoms with Gasteiger partial charge in [0.1, 0.15) is 6.04 Å². The van der Waals surface area contributed by atoms with Crippen molar-refractivity contribution in [1.29, 1.82) is 0 Å². The van der Waals surface area contributed by atoms with E-state index in [9.17, 15) is 4.79 Å². The van der Waals surface area contributed by atoms with E-state index in [0.717, 1.165) is 6.42 Å². The summed E-state index contributed by atoms with van der Waals surface area (Å²) in [4.78, 5) is 11.8. The highest BCUT2D eigenvalue weighted by Crippen LogP contribution is 2.16. The number of carbonyl (C=O) groups is 1. The molecule has 112 valence electrons. The van der Waals surface area contributed by atoms with E-state index in [1.165, 1.54) is 23.4 Å². The zero-order chi connectivity index (χ0) is 15.2. The van der Waals surface area contributed by atoms with Crippen molar-refractivity contribution in [3.8, 4) is 0 Å². The van der Waals surface area contributed by atoms with Gasteiger partial charge in [0, 0.05) is 6.54 Å². The first-order valence-corrected chi connectivity index (χ1v) is 7.39. The third-order valence-corrected chi connectivity index (χ3v) is 3.56. The lowest BCUT2D eigenvalue weighted by Gasteiger charge is -2.18. The maximum Gasteiger partial charge on any atom is 0.322 e. The molecular weight excluding hydrogens is 262 g/mol. The van der Waals surface area contributed by atoms with E-state index in [2.05, 4.69) is 49.5 Å². The number of rotatable bonds is 6. The van der Waals surface area contributed by atoms with E-state index in [4.69, 9.17) is 4.74 Å². The first-order chi connectivity index (χ1) is 10.1. The molecule has 0 saturated heterocycles. The highest BCUT2D eigenvalue weighted by Gasteiger charge is 2.19. The monoisotopic (exact) mass is 285 g/mol. The van der Waals surface area contributed by atoms with Crippen LogP contribution >= 0.6 is 0 Å². The number of nitrogens with one attached hydrogen (secondary N) is 1. The molecule has 0 amide bonds. The molecule has 2 aromatic rings. The zero-order valence-electron chi connectivity index (χ0n) is 12.9. The van der Waals surface area contributed by atoms with Crippen LogP contribution in [0.15, 0.2) is 42.5 Å². The number of hydrogen-bond donors (Lipinski definition) is 1. The Morgan fingerprint density at radius 1 is 1.14 bits per heavy atom. The van der Waals surface area contributed by atoms with Crippen molar-refractivity contribution in [3.63, 3.8) is 0 Å². The summed E-state index contributed by atoms with van der Waals surface area (Å²) in [5.41, 5.74) is 1.17. The summed E-state index contributed by atoms with van der Waals surface area (Å²) < 4.78 is 4.87. The minimum absolute atomic E-state index is 0.190. The van der Waals surface area contributed by atoms with Gasteiger partial charge in [-0.15, -0.1) is 0 Å². The molecule has 0 aliphatic rings. The largest absolute Gasteiger partial charge is 0.468 e. The number of carbonyl (C=O) groups excluding carboxylic acids is 1. The molecule has 1 N–H and O–H groups in total. The third-order valence-electron chi connectivity index (χ3n) is 3.56. The second-order valence-corrected chi connectivity index (χ2v) is 5.77. The molecule has 3 heteroatoms. The number of esters is 1. The molecule has 2 aromatic carbocycles. The number of ether oxygens (including phenoxy) is 1. The Balaban J connectivity index is 2.06. The Labute approximate surface area is 126 Å². The second kappa shape index (κ2) is 7.23. The quantitative estimate of drug-likeness (QED) is 0.825. The zero-order valence-corrected chi connectivity index (χ0v) is 12.9. The van der Waals surface area contributed by atoms with Crippen LogP contribution in [0.4, 0.5) is 0 Å². The molecule has 21 heavy (non-hydrogen) atoms.